The molecular formula is C40H32N2S. The molecule has 0 aromatic heterocycles. The quantitative estimate of drug-likeness (QED) is 0.148. The van der Waals surface area contributed by atoms with Crippen LogP contribution in [0.5, 0.6) is 0 Å². The zero-order valence-electron chi connectivity index (χ0n) is 23.8. The molecule has 43 heavy (non-hydrogen) atoms. The van der Waals surface area contributed by atoms with Gasteiger partial charge < -0.3 is 4.90 Å². The van der Waals surface area contributed by atoms with Crippen molar-refractivity contribution in [1.29, 1.82) is 5.26 Å². The van der Waals surface area contributed by atoms with Crippen LogP contribution in [0.3, 0.4) is 0 Å². The van der Waals surface area contributed by atoms with Gasteiger partial charge in [0.05, 0.1) is 6.07 Å². The fraction of sp³-hybridized carbons (Fsp3) is 0.0750. The molecule has 0 spiro atoms. The minimum absolute atomic E-state index is 0.607. The van der Waals surface area contributed by atoms with E-state index in [9.17, 15) is 5.26 Å². The van der Waals surface area contributed by atoms with Crippen LogP contribution in [-0.4, -0.2) is 5.75 Å². The van der Waals surface area contributed by atoms with Gasteiger partial charge in [0.15, 0.2) is 0 Å². The number of rotatable bonds is 8. The molecule has 1 unspecified atom stereocenters. The number of nitrogens with zero attached hydrogens (tertiary/aromatic N) is 2. The minimum Gasteiger partial charge on any atom is -0.311 e. The number of para-hydroxylation sites is 2. The average molecular weight is 573 g/mol. The third-order valence-electron chi connectivity index (χ3n) is 7.94. The molecule has 0 fully saturated rings. The largest absolute Gasteiger partial charge is 0.311 e. The Balaban J connectivity index is 1.15. The van der Waals surface area contributed by atoms with Gasteiger partial charge in [-0.2, -0.15) is 17.9 Å². The summed E-state index contributed by atoms with van der Waals surface area (Å²) >= 11 is 4.35. The highest BCUT2D eigenvalue weighted by molar-refractivity contribution is 7.80. The summed E-state index contributed by atoms with van der Waals surface area (Å²) in [7, 11) is 0. The van der Waals surface area contributed by atoms with Crippen molar-refractivity contribution in [3.63, 3.8) is 0 Å². The second kappa shape index (κ2) is 12.9. The first-order chi connectivity index (χ1) is 21.2. The number of benzene rings is 5. The molecule has 208 valence electrons. The van der Waals surface area contributed by atoms with E-state index < -0.39 is 5.41 Å². The average Bonchev–Trinajstić information content (AvgIpc) is 3.09. The highest BCUT2D eigenvalue weighted by Gasteiger charge is 2.30. The lowest BCUT2D eigenvalue weighted by atomic mass is 9.75. The molecule has 0 saturated carbocycles. The Kier molecular flexibility index (Phi) is 8.40. The lowest BCUT2D eigenvalue weighted by molar-refractivity contribution is 0.686. The van der Waals surface area contributed by atoms with Gasteiger partial charge in [0.2, 0.25) is 0 Å². The number of nitriles is 1. The molecule has 0 N–H and O–H groups in total. The van der Waals surface area contributed by atoms with Crippen LogP contribution in [0.15, 0.2) is 157 Å². The van der Waals surface area contributed by atoms with Crippen molar-refractivity contribution in [3.05, 3.63) is 174 Å². The molecule has 1 aliphatic rings. The van der Waals surface area contributed by atoms with Gasteiger partial charge in [-0.25, -0.2) is 0 Å². The second-order valence-electron chi connectivity index (χ2n) is 10.7. The third kappa shape index (κ3) is 6.26. The molecule has 5 aromatic carbocycles. The Hall–Kier alpha value is -5.04. The lowest BCUT2D eigenvalue weighted by Crippen LogP contribution is -2.22. The summed E-state index contributed by atoms with van der Waals surface area (Å²) in [4.78, 5) is 2.27. The van der Waals surface area contributed by atoms with Gasteiger partial charge in [-0.1, -0.05) is 127 Å². The predicted octanol–water partition coefficient (Wildman–Crippen LogP) is 10.6. The zero-order valence-corrected chi connectivity index (χ0v) is 24.7. The van der Waals surface area contributed by atoms with Crippen LogP contribution < -0.4 is 4.90 Å². The first kappa shape index (κ1) is 28.1. The van der Waals surface area contributed by atoms with Crippen molar-refractivity contribution in [2.45, 2.75) is 11.8 Å². The third-order valence-corrected chi connectivity index (χ3v) is 8.31. The molecule has 0 heterocycles. The zero-order chi connectivity index (χ0) is 29.5. The van der Waals surface area contributed by atoms with E-state index in [0.717, 1.165) is 39.3 Å². The maximum Gasteiger partial charge on any atom is 0.104 e. The number of hydrogen-bond acceptors (Lipinski definition) is 3. The summed E-state index contributed by atoms with van der Waals surface area (Å²) in [5.41, 5.74) is 9.53. The lowest BCUT2D eigenvalue weighted by Gasteiger charge is -2.25. The van der Waals surface area contributed by atoms with Gasteiger partial charge in [0.1, 0.15) is 5.41 Å². The Morgan fingerprint density at radius 3 is 1.60 bits per heavy atom. The monoisotopic (exact) mass is 572 g/mol. The topological polar surface area (TPSA) is 27.0 Å². The van der Waals surface area contributed by atoms with Gasteiger partial charge in [-0.05, 0) is 76.2 Å². The van der Waals surface area contributed by atoms with Crippen molar-refractivity contribution >= 4 is 41.8 Å². The fourth-order valence-corrected chi connectivity index (χ4v) is 5.67. The molecule has 0 amide bonds. The van der Waals surface area contributed by atoms with Gasteiger partial charge in [0, 0.05) is 22.8 Å². The smallest absolute Gasteiger partial charge is 0.104 e. The normalized spacial score (nSPS) is 16.0. The molecular weight excluding hydrogens is 541 g/mol. The van der Waals surface area contributed by atoms with Crippen molar-refractivity contribution in [1.82, 2.24) is 0 Å². The molecule has 1 atom stereocenters. The highest BCUT2D eigenvalue weighted by atomic mass is 32.1. The Morgan fingerprint density at radius 2 is 1.14 bits per heavy atom. The summed E-state index contributed by atoms with van der Waals surface area (Å²) in [6.07, 6.45) is 11.1. The molecule has 0 aliphatic heterocycles. The van der Waals surface area contributed by atoms with Crippen LogP contribution in [0.1, 0.15) is 23.1 Å². The Morgan fingerprint density at radius 1 is 0.651 bits per heavy atom. The number of anilines is 3. The molecule has 0 bridgehead atoms. The van der Waals surface area contributed by atoms with E-state index in [1.54, 1.807) is 0 Å². The molecule has 3 heteroatoms. The number of hydrogen-bond donors (Lipinski definition) is 1. The van der Waals surface area contributed by atoms with E-state index >= 15 is 0 Å². The SMILES string of the molecule is N#CC1(c2ccc(C=Cc3ccc(-c4ccc(N(c5ccccc5)c5ccccc5)cc4)cc3)cc2)C=CC(CS)=CC1. The molecule has 6 rings (SSSR count). The fourth-order valence-electron chi connectivity index (χ4n) is 5.43. The van der Waals surface area contributed by atoms with E-state index in [2.05, 4.69) is 163 Å². The van der Waals surface area contributed by atoms with Crippen LogP contribution in [-0.2, 0) is 5.41 Å². The van der Waals surface area contributed by atoms with Gasteiger partial charge in [-0.3, -0.25) is 0 Å². The first-order valence-corrected chi connectivity index (χ1v) is 15.1. The van der Waals surface area contributed by atoms with Gasteiger partial charge in [0.25, 0.3) is 0 Å². The van der Waals surface area contributed by atoms with E-state index in [1.165, 1.54) is 11.1 Å². The molecule has 0 radical (unpaired) electrons. The van der Waals surface area contributed by atoms with Crippen molar-refractivity contribution in [2.75, 3.05) is 10.7 Å². The molecule has 5 aromatic rings. The molecule has 0 saturated heterocycles. The van der Waals surface area contributed by atoms with Crippen LogP contribution in [0, 0.1) is 11.3 Å². The predicted molar refractivity (Wildman–Crippen MR) is 185 cm³/mol. The summed E-state index contributed by atoms with van der Waals surface area (Å²) < 4.78 is 0. The molecule has 1 aliphatic carbocycles. The Bertz CT molecular complexity index is 1760. The first-order valence-electron chi connectivity index (χ1n) is 14.5. The Labute approximate surface area is 260 Å². The summed E-state index contributed by atoms with van der Waals surface area (Å²) in [5.74, 6) is 0.692. The maximum absolute atomic E-state index is 9.95. The van der Waals surface area contributed by atoms with E-state index in [1.807, 2.05) is 24.3 Å². The van der Waals surface area contributed by atoms with Crippen LogP contribution in [0.4, 0.5) is 17.1 Å². The van der Waals surface area contributed by atoms with Gasteiger partial charge >= 0.3 is 0 Å². The molecule has 2 nitrogen and oxygen atoms in total. The minimum atomic E-state index is -0.607. The summed E-state index contributed by atoms with van der Waals surface area (Å²) in [6, 6.07) is 49.1. The standard InChI is InChI=1S/C40H32N2S/c41-30-40(27-25-33(29-43)26-28-40)36-21-15-32(16-22-36)12-11-31-13-17-34(18-14-31)35-19-23-39(24-20-35)42(37-7-3-1-4-8-37)38-9-5-2-6-10-38/h1-27,43H,28-29H2. The van der Waals surface area contributed by atoms with Crippen LogP contribution >= 0.6 is 12.6 Å². The van der Waals surface area contributed by atoms with Crippen LogP contribution in [0.25, 0.3) is 23.3 Å². The number of allylic oxidation sites excluding steroid dienone is 3. The van der Waals surface area contributed by atoms with E-state index in [0.29, 0.717) is 12.2 Å². The number of thiol groups is 1. The maximum atomic E-state index is 9.95. The highest BCUT2D eigenvalue weighted by Crippen LogP contribution is 2.36. The van der Waals surface area contributed by atoms with Crippen molar-refractivity contribution < 1.29 is 0 Å². The van der Waals surface area contributed by atoms with Crippen molar-refractivity contribution in [3.8, 4) is 17.2 Å². The van der Waals surface area contributed by atoms with Crippen LogP contribution in [0.2, 0.25) is 0 Å². The van der Waals surface area contributed by atoms with E-state index in [4.69, 9.17) is 0 Å². The summed E-state index contributed by atoms with van der Waals surface area (Å²) in [6.45, 7) is 0. The van der Waals surface area contributed by atoms with E-state index in [-0.39, 0.29) is 0 Å². The van der Waals surface area contributed by atoms with Crippen molar-refractivity contribution in [2.24, 2.45) is 0 Å². The summed E-state index contributed by atoms with van der Waals surface area (Å²) in [5, 5.41) is 9.95. The van der Waals surface area contributed by atoms with Gasteiger partial charge in [-0.15, -0.1) is 0 Å². The second-order valence-corrected chi connectivity index (χ2v) is 11.0.